The van der Waals surface area contributed by atoms with Crippen LogP contribution in [0.25, 0.3) is 0 Å². The van der Waals surface area contributed by atoms with E-state index in [1.54, 1.807) is 6.07 Å². The highest BCUT2D eigenvalue weighted by Crippen LogP contribution is 2.44. The first-order valence-corrected chi connectivity index (χ1v) is 10.6. The van der Waals surface area contributed by atoms with Gasteiger partial charge < -0.3 is 15.4 Å². The topological polar surface area (TPSA) is 67.4 Å². The molecule has 0 heterocycles. The highest BCUT2D eigenvalue weighted by molar-refractivity contribution is 5.89. The lowest BCUT2D eigenvalue weighted by Crippen LogP contribution is -2.49. The Morgan fingerprint density at radius 2 is 1.87 bits per heavy atom. The Morgan fingerprint density at radius 1 is 1.10 bits per heavy atom. The molecule has 2 amide bonds. The monoisotopic (exact) mass is 410 g/mol. The molecule has 0 radical (unpaired) electrons. The van der Waals surface area contributed by atoms with Crippen LogP contribution in [-0.4, -0.2) is 31.0 Å². The van der Waals surface area contributed by atoms with Crippen molar-refractivity contribution < 1.29 is 18.7 Å². The summed E-state index contributed by atoms with van der Waals surface area (Å²) in [5.74, 6) is 0.223. The normalized spacial score (nSPS) is 17.0. The average Bonchev–Trinajstić information content (AvgIpc) is 3.51. The van der Waals surface area contributed by atoms with Gasteiger partial charge >= 0.3 is 0 Å². The van der Waals surface area contributed by atoms with Crippen LogP contribution in [0, 0.1) is 5.82 Å². The molecule has 2 aliphatic rings. The van der Waals surface area contributed by atoms with Crippen molar-refractivity contribution in [3.05, 3.63) is 65.5 Å². The Bertz CT molecular complexity index is 905. The molecule has 30 heavy (non-hydrogen) atoms. The van der Waals surface area contributed by atoms with Crippen molar-refractivity contribution in [2.75, 3.05) is 13.2 Å². The smallest absolute Gasteiger partial charge is 0.258 e. The standard InChI is InChI=1S/C24H27FN2O3/c25-19-4-1-3-18(15-19)24(12-2-13-24)23(29)26-14-11-17-5-9-21(10-6-17)30-16-22(28)27-20-7-8-20/h1,3-6,9-10,15,20H,2,7-8,11-14,16H2,(H,26,29)(H,27,28). The van der Waals surface area contributed by atoms with Crippen LogP contribution in [0.15, 0.2) is 48.5 Å². The number of hydrogen-bond acceptors (Lipinski definition) is 3. The number of amides is 2. The quantitative estimate of drug-likeness (QED) is 0.667. The van der Waals surface area contributed by atoms with E-state index >= 15 is 0 Å². The summed E-state index contributed by atoms with van der Waals surface area (Å²) in [6.07, 6.45) is 5.28. The highest BCUT2D eigenvalue weighted by Gasteiger charge is 2.45. The van der Waals surface area contributed by atoms with Gasteiger partial charge in [0.05, 0.1) is 5.41 Å². The molecule has 5 nitrogen and oxygen atoms in total. The van der Waals surface area contributed by atoms with Crippen LogP contribution in [0.5, 0.6) is 5.75 Å². The second-order valence-corrected chi connectivity index (χ2v) is 8.23. The van der Waals surface area contributed by atoms with Crippen LogP contribution in [0.4, 0.5) is 4.39 Å². The molecule has 158 valence electrons. The lowest BCUT2D eigenvalue weighted by atomic mass is 9.64. The van der Waals surface area contributed by atoms with Crippen molar-refractivity contribution in [2.24, 2.45) is 0 Å². The van der Waals surface area contributed by atoms with Crippen molar-refractivity contribution in [3.8, 4) is 5.75 Å². The van der Waals surface area contributed by atoms with E-state index in [0.717, 1.165) is 43.2 Å². The van der Waals surface area contributed by atoms with Crippen molar-refractivity contribution in [1.82, 2.24) is 10.6 Å². The SMILES string of the molecule is O=C(COc1ccc(CCNC(=O)C2(c3cccc(F)c3)CCC2)cc1)NC1CC1. The molecule has 2 N–H and O–H groups in total. The van der Waals surface area contributed by atoms with E-state index < -0.39 is 5.41 Å². The summed E-state index contributed by atoms with van der Waals surface area (Å²) < 4.78 is 19.1. The van der Waals surface area contributed by atoms with Gasteiger partial charge in [0.15, 0.2) is 6.61 Å². The van der Waals surface area contributed by atoms with Crippen LogP contribution in [-0.2, 0) is 21.4 Å². The Hall–Kier alpha value is -2.89. The van der Waals surface area contributed by atoms with Gasteiger partial charge in [-0.25, -0.2) is 4.39 Å². The van der Waals surface area contributed by atoms with Gasteiger partial charge in [-0.1, -0.05) is 30.7 Å². The summed E-state index contributed by atoms with van der Waals surface area (Å²) >= 11 is 0. The average molecular weight is 410 g/mol. The van der Waals surface area contributed by atoms with Gasteiger partial charge in [-0.2, -0.15) is 0 Å². The van der Waals surface area contributed by atoms with E-state index in [2.05, 4.69) is 10.6 Å². The molecule has 0 bridgehead atoms. The number of ether oxygens (including phenoxy) is 1. The van der Waals surface area contributed by atoms with Crippen LogP contribution >= 0.6 is 0 Å². The zero-order valence-electron chi connectivity index (χ0n) is 17.0. The third kappa shape index (κ3) is 4.81. The number of benzene rings is 2. The van der Waals surface area contributed by atoms with E-state index in [0.29, 0.717) is 24.8 Å². The molecule has 0 saturated heterocycles. The van der Waals surface area contributed by atoms with Crippen LogP contribution in [0.3, 0.4) is 0 Å². The molecule has 2 aromatic carbocycles. The third-order valence-corrected chi connectivity index (χ3v) is 5.95. The van der Waals surface area contributed by atoms with E-state index in [1.807, 2.05) is 30.3 Å². The van der Waals surface area contributed by atoms with Gasteiger partial charge in [-0.05, 0) is 67.5 Å². The Kier molecular flexibility index (Phi) is 6.02. The van der Waals surface area contributed by atoms with Gasteiger partial charge in [-0.3, -0.25) is 9.59 Å². The summed E-state index contributed by atoms with van der Waals surface area (Å²) in [4.78, 5) is 24.5. The first kappa shape index (κ1) is 20.4. The molecule has 0 aromatic heterocycles. The first-order chi connectivity index (χ1) is 14.5. The van der Waals surface area contributed by atoms with Gasteiger partial charge in [0.2, 0.25) is 5.91 Å². The molecule has 0 unspecified atom stereocenters. The zero-order chi connectivity index (χ0) is 21.0. The van der Waals surface area contributed by atoms with Gasteiger partial charge in [0.25, 0.3) is 5.91 Å². The number of carbonyl (C=O) groups excluding carboxylic acids is 2. The minimum atomic E-state index is -0.596. The molecule has 2 saturated carbocycles. The molecule has 6 heteroatoms. The Morgan fingerprint density at radius 3 is 2.50 bits per heavy atom. The first-order valence-electron chi connectivity index (χ1n) is 10.6. The van der Waals surface area contributed by atoms with E-state index in [-0.39, 0.29) is 24.2 Å². The molecule has 2 aromatic rings. The lowest BCUT2D eigenvalue weighted by molar-refractivity contribution is -0.130. The highest BCUT2D eigenvalue weighted by atomic mass is 19.1. The largest absolute Gasteiger partial charge is 0.484 e. The molecule has 4 rings (SSSR count). The number of rotatable bonds is 9. The van der Waals surface area contributed by atoms with Gasteiger partial charge in [0, 0.05) is 12.6 Å². The van der Waals surface area contributed by atoms with E-state index in [1.165, 1.54) is 12.1 Å². The van der Waals surface area contributed by atoms with Crippen LogP contribution in [0.2, 0.25) is 0 Å². The van der Waals surface area contributed by atoms with Gasteiger partial charge in [-0.15, -0.1) is 0 Å². The summed E-state index contributed by atoms with van der Waals surface area (Å²) in [5.41, 5.74) is 1.23. The minimum absolute atomic E-state index is 0.0219. The maximum absolute atomic E-state index is 13.6. The lowest BCUT2D eigenvalue weighted by Gasteiger charge is -2.40. The molecule has 0 atom stereocenters. The summed E-state index contributed by atoms with van der Waals surface area (Å²) in [5, 5.41) is 5.91. The molecule has 2 fully saturated rings. The second-order valence-electron chi connectivity index (χ2n) is 8.23. The molecule has 0 aliphatic heterocycles. The molecule has 2 aliphatic carbocycles. The second kappa shape index (κ2) is 8.86. The molecular formula is C24H27FN2O3. The van der Waals surface area contributed by atoms with Crippen molar-refractivity contribution >= 4 is 11.8 Å². The predicted octanol–water partition coefficient (Wildman–Crippen LogP) is 3.26. The van der Waals surface area contributed by atoms with Crippen molar-refractivity contribution in [1.29, 1.82) is 0 Å². The summed E-state index contributed by atoms with van der Waals surface area (Å²) in [7, 11) is 0. The Labute approximate surface area is 176 Å². The number of carbonyl (C=O) groups is 2. The van der Waals surface area contributed by atoms with Crippen molar-refractivity contribution in [2.45, 2.75) is 50.0 Å². The van der Waals surface area contributed by atoms with E-state index in [9.17, 15) is 14.0 Å². The van der Waals surface area contributed by atoms with E-state index in [4.69, 9.17) is 4.74 Å². The Balaban J connectivity index is 1.24. The fourth-order valence-electron chi connectivity index (χ4n) is 3.85. The zero-order valence-corrected chi connectivity index (χ0v) is 17.0. The van der Waals surface area contributed by atoms with Crippen molar-refractivity contribution in [3.63, 3.8) is 0 Å². The van der Waals surface area contributed by atoms with Gasteiger partial charge in [0.1, 0.15) is 11.6 Å². The van der Waals surface area contributed by atoms with Crippen LogP contribution < -0.4 is 15.4 Å². The number of halogens is 1. The fraction of sp³-hybridized carbons (Fsp3) is 0.417. The number of hydrogen-bond donors (Lipinski definition) is 2. The van der Waals surface area contributed by atoms with Crippen LogP contribution in [0.1, 0.15) is 43.2 Å². The minimum Gasteiger partial charge on any atom is -0.484 e. The molecular weight excluding hydrogens is 383 g/mol. The fourth-order valence-corrected chi connectivity index (χ4v) is 3.85. The maximum atomic E-state index is 13.6. The maximum Gasteiger partial charge on any atom is 0.258 e. The summed E-state index contributed by atoms with van der Waals surface area (Å²) in [6.45, 7) is 0.536. The number of nitrogens with one attached hydrogen (secondary N) is 2. The predicted molar refractivity (Wildman–Crippen MR) is 112 cm³/mol. The third-order valence-electron chi connectivity index (χ3n) is 5.95. The molecule has 0 spiro atoms. The summed E-state index contributed by atoms with van der Waals surface area (Å²) in [6, 6.07) is 14.3.